The molecule has 0 aliphatic heterocycles. The van der Waals surface area contributed by atoms with Crippen LogP contribution >= 0.6 is 0 Å². The number of anilines is 2. The molecule has 0 aliphatic rings. The molecule has 22 heavy (non-hydrogen) atoms. The van der Waals surface area contributed by atoms with Crippen molar-refractivity contribution in [2.45, 2.75) is 13.3 Å². The van der Waals surface area contributed by atoms with Gasteiger partial charge in [-0.05, 0) is 42.3 Å². The summed E-state index contributed by atoms with van der Waals surface area (Å²) < 4.78 is 24.8. The van der Waals surface area contributed by atoms with E-state index in [4.69, 9.17) is 0 Å². The normalized spacial score (nSPS) is 11.0. The summed E-state index contributed by atoms with van der Waals surface area (Å²) in [5.41, 5.74) is 2.59. The Morgan fingerprint density at radius 1 is 1.05 bits per heavy atom. The molecule has 5 nitrogen and oxygen atoms in total. The van der Waals surface area contributed by atoms with Gasteiger partial charge in [-0.2, -0.15) is 0 Å². The van der Waals surface area contributed by atoms with Crippen LogP contribution in [-0.2, 0) is 16.4 Å². The van der Waals surface area contributed by atoms with Crippen molar-refractivity contribution in [3.8, 4) is 0 Å². The maximum atomic E-state index is 12.2. The zero-order chi connectivity index (χ0) is 16.2. The molecule has 2 aromatic rings. The molecule has 6 heteroatoms. The molecule has 2 N–H and O–H groups in total. The van der Waals surface area contributed by atoms with Crippen LogP contribution in [0, 0.1) is 0 Å². The fourth-order valence-corrected chi connectivity index (χ4v) is 2.57. The minimum absolute atomic E-state index is 0.287. The minimum Gasteiger partial charge on any atom is -0.322 e. The maximum absolute atomic E-state index is 12.2. The van der Waals surface area contributed by atoms with Crippen molar-refractivity contribution < 1.29 is 13.2 Å². The lowest BCUT2D eigenvalue weighted by Gasteiger charge is -2.09. The highest BCUT2D eigenvalue weighted by molar-refractivity contribution is 7.92. The van der Waals surface area contributed by atoms with Gasteiger partial charge in [-0.3, -0.25) is 9.52 Å². The summed E-state index contributed by atoms with van der Waals surface area (Å²) in [4.78, 5) is 12.2. The molecule has 0 saturated heterocycles. The summed E-state index contributed by atoms with van der Waals surface area (Å²) in [5, 5.41) is 2.81. The van der Waals surface area contributed by atoms with Crippen LogP contribution < -0.4 is 10.0 Å². The Hall–Kier alpha value is -2.34. The average molecular weight is 318 g/mol. The Labute approximate surface area is 130 Å². The van der Waals surface area contributed by atoms with Crippen molar-refractivity contribution in [2.75, 3.05) is 16.3 Å². The lowest BCUT2D eigenvalue weighted by Crippen LogP contribution is -2.14. The largest absolute Gasteiger partial charge is 0.322 e. The predicted octanol–water partition coefficient (Wildman–Crippen LogP) is 2.87. The van der Waals surface area contributed by atoms with Gasteiger partial charge in [0.1, 0.15) is 0 Å². The van der Waals surface area contributed by atoms with Crippen molar-refractivity contribution >= 4 is 27.3 Å². The second-order valence-electron chi connectivity index (χ2n) is 4.96. The molecule has 116 valence electrons. The first kappa shape index (κ1) is 16.0. The Morgan fingerprint density at radius 3 is 2.41 bits per heavy atom. The summed E-state index contributed by atoms with van der Waals surface area (Å²) in [6.07, 6.45) is 1.95. The van der Waals surface area contributed by atoms with Crippen molar-refractivity contribution in [2.24, 2.45) is 0 Å². The van der Waals surface area contributed by atoms with E-state index in [9.17, 15) is 13.2 Å². The van der Waals surface area contributed by atoms with Crippen molar-refractivity contribution in [3.63, 3.8) is 0 Å². The van der Waals surface area contributed by atoms with E-state index in [2.05, 4.69) is 10.0 Å². The van der Waals surface area contributed by atoms with Crippen LogP contribution in [0.25, 0.3) is 0 Å². The molecule has 0 bridgehead atoms. The second-order valence-corrected chi connectivity index (χ2v) is 6.71. The van der Waals surface area contributed by atoms with Crippen LogP contribution in [0.1, 0.15) is 22.8 Å². The van der Waals surface area contributed by atoms with E-state index in [-0.39, 0.29) is 5.91 Å². The van der Waals surface area contributed by atoms with E-state index in [0.717, 1.165) is 18.2 Å². The SMILES string of the molecule is CCc1cccc(NC(=O)c2cccc(NS(C)(=O)=O)c2)c1. The van der Waals surface area contributed by atoms with Crippen LogP contribution in [0.15, 0.2) is 48.5 Å². The quantitative estimate of drug-likeness (QED) is 0.890. The van der Waals surface area contributed by atoms with Gasteiger partial charge in [0.25, 0.3) is 5.91 Å². The van der Waals surface area contributed by atoms with E-state index in [1.165, 1.54) is 6.07 Å². The lowest BCUT2D eigenvalue weighted by molar-refractivity contribution is 0.102. The molecule has 2 rings (SSSR count). The van der Waals surface area contributed by atoms with Crippen LogP contribution in [0.2, 0.25) is 0 Å². The molecular weight excluding hydrogens is 300 g/mol. The zero-order valence-electron chi connectivity index (χ0n) is 12.5. The molecule has 0 spiro atoms. The molecule has 0 aliphatic carbocycles. The highest BCUT2D eigenvalue weighted by Crippen LogP contribution is 2.15. The summed E-state index contributed by atoms with van der Waals surface area (Å²) in [7, 11) is -3.37. The number of sulfonamides is 1. The summed E-state index contributed by atoms with van der Waals surface area (Å²) >= 11 is 0. The van der Waals surface area contributed by atoms with Gasteiger partial charge in [0.15, 0.2) is 0 Å². The van der Waals surface area contributed by atoms with Crippen LogP contribution in [-0.4, -0.2) is 20.6 Å². The van der Waals surface area contributed by atoms with Crippen LogP contribution in [0.4, 0.5) is 11.4 Å². The number of aryl methyl sites for hydroxylation is 1. The van der Waals surface area contributed by atoms with Crippen LogP contribution in [0.3, 0.4) is 0 Å². The third kappa shape index (κ3) is 4.60. The van der Waals surface area contributed by atoms with Gasteiger partial charge in [0, 0.05) is 16.9 Å². The zero-order valence-corrected chi connectivity index (χ0v) is 13.3. The van der Waals surface area contributed by atoms with E-state index in [1.807, 2.05) is 31.2 Å². The van der Waals surface area contributed by atoms with Gasteiger partial charge in [-0.25, -0.2) is 8.42 Å². The standard InChI is InChI=1S/C16H18N2O3S/c1-3-12-6-4-8-14(10-12)17-16(19)13-7-5-9-15(11-13)18-22(2,20)21/h4-11,18H,3H2,1-2H3,(H,17,19). The maximum Gasteiger partial charge on any atom is 0.255 e. The number of hydrogen-bond donors (Lipinski definition) is 2. The third-order valence-electron chi connectivity index (χ3n) is 3.02. The fourth-order valence-electron chi connectivity index (χ4n) is 2.01. The number of nitrogens with one attached hydrogen (secondary N) is 2. The van der Waals surface area contributed by atoms with Crippen molar-refractivity contribution in [3.05, 3.63) is 59.7 Å². The number of hydrogen-bond acceptors (Lipinski definition) is 3. The fraction of sp³-hybridized carbons (Fsp3) is 0.188. The third-order valence-corrected chi connectivity index (χ3v) is 3.63. The van der Waals surface area contributed by atoms with E-state index < -0.39 is 10.0 Å². The van der Waals surface area contributed by atoms with E-state index >= 15 is 0 Å². The molecule has 0 unspecified atom stereocenters. The monoisotopic (exact) mass is 318 g/mol. The molecular formula is C16H18N2O3S. The Morgan fingerprint density at radius 2 is 1.73 bits per heavy atom. The van der Waals surface area contributed by atoms with Crippen molar-refractivity contribution in [1.29, 1.82) is 0 Å². The number of benzene rings is 2. The van der Waals surface area contributed by atoms with Gasteiger partial charge < -0.3 is 5.32 Å². The Kier molecular flexibility index (Phi) is 4.82. The molecule has 0 saturated carbocycles. The topological polar surface area (TPSA) is 75.3 Å². The number of carbonyl (C=O) groups is 1. The van der Waals surface area contributed by atoms with E-state index in [1.54, 1.807) is 18.2 Å². The number of rotatable bonds is 5. The van der Waals surface area contributed by atoms with E-state index in [0.29, 0.717) is 16.9 Å². The Balaban J connectivity index is 2.17. The van der Waals surface area contributed by atoms with Gasteiger partial charge >= 0.3 is 0 Å². The molecule has 0 atom stereocenters. The first-order valence-corrected chi connectivity index (χ1v) is 8.74. The summed E-state index contributed by atoms with van der Waals surface area (Å²) in [6, 6.07) is 14.0. The molecule has 0 heterocycles. The molecule has 0 radical (unpaired) electrons. The highest BCUT2D eigenvalue weighted by Gasteiger charge is 2.09. The first-order valence-electron chi connectivity index (χ1n) is 6.85. The number of amides is 1. The van der Waals surface area contributed by atoms with Gasteiger partial charge in [0.2, 0.25) is 10.0 Å². The minimum atomic E-state index is -3.37. The molecule has 0 aromatic heterocycles. The van der Waals surface area contributed by atoms with Gasteiger partial charge in [-0.1, -0.05) is 25.1 Å². The predicted molar refractivity (Wildman–Crippen MR) is 88.7 cm³/mol. The molecule has 2 aromatic carbocycles. The van der Waals surface area contributed by atoms with Crippen molar-refractivity contribution in [1.82, 2.24) is 0 Å². The van der Waals surface area contributed by atoms with Gasteiger partial charge in [-0.15, -0.1) is 0 Å². The molecule has 0 fully saturated rings. The summed E-state index contributed by atoms with van der Waals surface area (Å²) in [6.45, 7) is 2.04. The first-order chi connectivity index (χ1) is 10.4. The van der Waals surface area contributed by atoms with Crippen LogP contribution in [0.5, 0.6) is 0 Å². The highest BCUT2D eigenvalue weighted by atomic mass is 32.2. The second kappa shape index (κ2) is 6.62. The average Bonchev–Trinajstić information content (AvgIpc) is 2.46. The Bertz CT molecular complexity index is 785. The van der Waals surface area contributed by atoms with Gasteiger partial charge in [0.05, 0.1) is 6.26 Å². The molecule has 1 amide bonds. The lowest BCUT2D eigenvalue weighted by atomic mass is 10.1. The smallest absolute Gasteiger partial charge is 0.255 e. The summed E-state index contributed by atoms with van der Waals surface area (Å²) in [5.74, 6) is -0.287. The number of carbonyl (C=O) groups excluding carboxylic acids is 1.